The third-order valence-electron chi connectivity index (χ3n) is 4.60. The normalized spacial score (nSPS) is 10.6. The standard InChI is InChI=1S/C23H26N4O/c1-5-27(15-19-9-7-6-8-10-19)22(28)21-14-18(4)24-23(26-21)25-20-13-16(2)11-12-17(20)3/h6-14H,5,15H2,1-4H3,(H,24,25,26). The lowest BCUT2D eigenvalue weighted by Crippen LogP contribution is -2.31. The minimum atomic E-state index is -0.0964. The fourth-order valence-electron chi connectivity index (χ4n) is 3.02. The number of rotatable bonds is 6. The summed E-state index contributed by atoms with van der Waals surface area (Å²) >= 11 is 0. The summed E-state index contributed by atoms with van der Waals surface area (Å²) in [6.07, 6.45) is 0. The average molecular weight is 374 g/mol. The van der Waals surface area contributed by atoms with E-state index >= 15 is 0 Å². The van der Waals surface area contributed by atoms with Gasteiger partial charge in [0, 0.05) is 24.5 Å². The zero-order valence-electron chi connectivity index (χ0n) is 16.9. The van der Waals surface area contributed by atoms with Gasteiger partial charge in [-0.15, -0.1) is 0 Å². The first-order valence-corrected chi connectivity index (χ1v) is 9.49. The number of nitrogens with zero attached hydrogens (tertiary/aromatic N) is 3. The van der Waals surface area contributed by atoms with E-state index in [0.717, 1.165) is 28.1 Å². The highest BCUT2D eigenvalue weighted by Crippen LogP contribution is 2.20. The van der Waals surface area contributed by atoms with Crippen LogP contribution in [0.15, 0.2) is 54.6 Å². The number of hydrogen-bond acceptors (Lipinski definition) is 4. The first kappa shape index (κ1) is 19.5. The van der Waals surface area contributed by atoms with E-state index in [1.807, 2.05) is 58.0 Å². The number of aromatic nitrogens is 2. The zero-order chi connectivity index (χ0) is 20.1. The number of anilines is 2. The third kappa shape index (κ3) is 4.74. The van der Waals surface area contributed by atoms with E-state index in [4.69, 9.17) is 0 Å². The van der Waals surface area contributed by atoms with Gasteiger partial charge in [0.15, 0.2) is 0 Å². The molecular formula is C23H26N4O. The molecule has 0 radical (unpaired) electrons. The van der Waals surface area contributed by atoms with Crippen LogP contribution in [0.25, 0.3) is 0 Å². The summed E-state index contributed by atoms with van der Waals surface area (Å²) in [5.74, 6) is 0.341. The monoisotopic (exact) mass is 374 g/mol. The maximum absolute atomic E-state index is 13.1. The highest BCUT2D eigenvalue weighted by atomic mass is 16.2. The topological polar surface area (TPSA) is 58.1 Å². The Bertz CT molecular complexity index is 970. The molecule has 0 unspecified atom stereocenters. The SMILES string of the molecule is CCN(Cc1ccccc1)C(=O)c1cc(C)nc(Nc2cc(C)ccc2C)n1. The maximum Gasteiger partial charge on any atom is 0.272 e. The Labute approximate surface area is 166 Å². The summed E-state index contributed by atoms with van der Waals surface area (Å²) in [4.78, 5) is 23.8. The highest BCUT2D eigenvalue weighted by Gasteiger charge is 2.18. The predicted molar refractivity (Wildman–Crippen MR) is 113 cm³/mol. The molecule has 5 nitrogen and oxygen atoms in total. The molecule has 28 heavy (non-hydrogen) atoms. The first-order valence-electron chi connectivity index (χ1n) is 9.49. The van der Waals surface area contributed by atoms with Crippen molar-refractivity contribution in [1.29, 1.82) is 0 Å². The molecule has 0 fully saturated rings. The Morgan fingerprint density at radius 2 is 1.75 bits per heavy atom. The Hall–Kier alpha value is -3.21. The number of benzene rings is 2. The second-order valence-electron chi connectivity index (χ2n) is 6.97. The molecule has 5 heteroatoms. The second-order valence-corrected chi connectivity index (χ2v) is 6.97. The molecule has 0 atom stereocenters. The van der Waals surface area contributed by atoms with Gasteiger partial charge in [0.05, 0.1) is 0 Å². The second kappa shape index (κ2) is 8.65. The lowest BCUT2D eigenvalue weighted by Gasteiger charge is -2.21. The van der Waals surface area contributed by atoms with E-state index in [-0.39, 0.29) is 5.91 Å². The quantitative estimate of drug-likeness (QED) is 0.673. The van der Waals surface area contributed by atoms with Crippen LogP contribution in [0.4, 0.5) is 11.6 Å². The van der Waals surface area contributed by atoms with Crippen molar-refractivity contribution in [1.82, 2.24) is 14.9 Å². The van der Waals surface area contributed by atoms with Crippen LogP contribution < -0.4 is 5.32 Å². The van der Waals surface area contributed by atoms with Crippen LogP contribution in [0.3, 0.4) is 0 Å². The lowest BCUT2D eigenvalue weighted by atomic mass is 10.1. The van der Waals surface area contributed by atoms with Gasteiger partial charge >= 0.3 is 0 Å². The van der Waals surface area contributed by atoms with Gasteiger partial charge in [0.25, 0.3) is 5.91 Å². The lowest BCUT2D eigenvalue weighted by molar-refractivity contribution is 0.0746. The van der Waals surface area contributed by atoms with E-state index in [9.17, 15) is 4.79 Å². The number of hydrogen-bond donors (Lipinski definition) is 1. The molecule has 0 aliphatic carbocycles. The number of amides is 1. The van der Waals surface area contributed by atoms with Crippen LogP contribution in [0.2, 0.25) is 0 Å². The van der Waals surface area contributed by atoms with Crippen LogP contribution in [0, 0.1) is 20.8 Å². The molecule has 1 heterocycles. The Kier molecular flexibility index (Phi) is 6.04. The number of nitrogens with one attached hydrogen (secondary N) is 1. The van der Waals surface area contributed by atoms with Gasteiger partial charge in [0.1, 0.15) is 5.69 Å². The van der Waals surface area contributed by atoms with Crippen molar-refractivity contribution < 1.29 is 4.79 Å². The number of carbonyl (C=O) groups is 1. The minimum Gasteiger partial charge on any atom is -0.333 e. The average Bonchev–Trinajstić information content (AvgIpc) is 2.69. The highest BCUT2D eigenvalue weighted by molar-refractivity contribution is 5.92. The minimum absolute atomic E-state index is 0.0964. The van der Waals surface area contributed by atoms with Crippen LogP contribution >= 0.6 is 0 Å². The van der Waals surface area contributed by atoms with Gasteiger partial charge in [-0.3, -0.25) is 4.79 Å². The fraction of sp³-hybridized carbons (Fsp3) is 0.261. The maximum atomic E-state index is 13.1. The van der Waals surface area contributed by atoms with E-state index < -0.39 is 0 Å². The Morgan fingerprint density at radius 3 is 2.46 bits per heavy atom. The van der Waals surface area contributed by atoms with E-state index in [1.165, 1.54) is 0 Å². The molecule has 0 aliphatic heterocycles. The van der Waals surface area contributed by atoms with Gasteiger partial charge < -0.3 is 10.2 Å². The summed E-state index contributed by atoms with van der Waals surface area (Å²) in [7, 11) is 0. The molecule has 0 saturated heterocycles. The Morgan fingerprint density at radius 1 is 1.00 bits per heavy atom. The zero-order valence-corrected chi connectivity index (χ0v) is 16.9. The van der Waals surface area contributed by atoms with Crippen molar-refractivity contribution in [2.45, 2.75) is 34.2 Å². The molecule has 0 spiro atoms. The summed E-state index contributed by atoms with van der Waals surface area (Å²) in [6, 6.07) is 17.9. The van der Waals surface area contributed by atoms with Crippen molar-refractivity contribution in [2.24, 2.45) is 0 Å². The third-order valence-corrected chi connectivity index (χ3v) is 4.60. The smallest absolute Gasteiger partial charge is 0.272 e. The first-order chi connectivity index (χ1) is 13.5. The van der Waals surface area contributed by atoms with Gasteiger partial charge in [-0.1, -0.05) is 42.5 Å². The molecule has 0 saturated carbocycles. The van der Waals surface area contributed by atoms with Crippen LogP contribution in [-0.2, 0) is 6.54 Å². The predicted octanol–water partition coefficient (Wildman–Crippen LogP) is 4.81. The van der Waals surface area contributed by atoms with Crippen molar-refractivity contribution >= 4 is 17.5 Å². The summed E-state index contributed by atoms with van der Waals surface area (Å²) < 4.78 is 0. The molecule has 144 valence electrons. The molecule has 0 aliphatic rings. The fourth-order valence-corrected chi connectivity index (χ4v) is 3.02. The van der Waals surface area contributed by atoms with Crippen molar-refractivity contribution in [3.8, 4) is 0 Å². The molecule has 1 N–H and O–H groups in total. The molecule has 1 amide bonds. The van der Waals surface area contributed by atoms with Gasteiger partial charge in [-0.25, -0.2) is 9.97 Å². The summed E-state index contributed by atoms with van der Waals surface area (Å²) in [6.45, 7) is 9.08. The van der Waals surface area contributed by atoms with Gasteiger partial charge in [0.2, 0.25) is 5.95 Å². The molecule has 3 aromatic rings. The van der Waals surface area contributed by atoms with E-state index in [0.29, 0.717) is 24.7 Å². The number of aryl methyl sites for hydroxylation is 3. The molecular weight excluding hydrogens is 348 g/mol. The van der Waals surface area contributed by atoms with Crippen LogP contribution in [0.1, 0.15) is 39.8 Å². The van der Waals surface area contributed by atoms with Crippen molar-refractivity contribution in [2.75, 3.05) is 11.9 Å². The van der Waals surface area contributed by atoms with Gasteiger partial charge in [-0.05, 0) is 56.5 Å². The Balaban J connectivity index is 1.85. The number of carbonyl (C=O) groups excluding carboxylic acids is 1. The molecule has 0 bridgehead atoms. The van der Waals surface area contributed by atoms with E-state index in [1.54, 1.807) is 11.0 Å². The molecule has 3 rings (SSSR count). The van der Waals surface area contributed by atoms with Gasteiger partial charge in [-0.2, -0.15) is 0 Å². The van der Waals surface area contributed by atoms with Crippen molar-refractivity contribution in [3.05, 3.63) is 82.7 Å². The van der Waals surface area contributed by atoms with Crippen LogP contribution in [0.5, 0.6) is 0 Å². The largest absolute Gasteiger partial charge is 0.333 e. The van der Waals surface area contributed by atoms with Crippen LogP contribution in [-0.4, -0.2) is 27.3 Å². The molecule has 1 aromatic heterocycles. The summed E-state index contributed by atoms with van der Waals surface area (Å²) in [5, 5.41) is 3.26. The van der Waals surface area contributed by atoms with E-state index in [2.05, 4.69) is 33.5 Å². The molecule has 2 aromatic carbocycles. The summed E-state index contributed by atoms with van der Waals surface area (Å²) in [5.41, 5.74) is 5.44. The van der Waals surface area contributed by atoms with Crippen molar-refractivity contribution in [3.63, 3.8) is 0 Å².